The molecule has 0 spiro atoms. The standard InChI is InChI=1S/C14H16ClNO2/c1-9-11(6-7-18-9)14(16-2)12-8-10(15)4-5-13(12)17-3/h4-8,14,16H,1-3H3. The SMILES string of the molecule is CNC(c1cc(Cl)ccc1OC)c1ccoc1C. The smallest absolute Gasteiger partial charge is 0.124 e. The Labute approximate surface area is 112 Å². The van der Waals surface area contributed by atoms with Crippen LogP contribution in [0.1, 0.15) is 22.9 Å². The van der Waals surface area contributed by atoms with E-state index in [2.05, 4.69) is 5.32 Å². The number of methoxy groups -OCH3 is 1. The minimum absolute atomic E-state index is 0.00241. The molecule has 0 amide bonds. The summed E-state index contributed by atoms with van der Waals surface area (Å²) in [6.07, 6.45) is 1.69. The van der Waals surface area contributed by atoms with E-state index in [-0.39, 0.29) is 6.04 Å². The van der Waals surface area contributed by atoms with Gasteiger partial charge in [0.1, 0.15) is 11.5 Å². The molecule has 0 bridgehead atoms. The van der Waals surface area contributed by atoms with Gasteiger partial charge in [0.15, 0.2) is 0 Å². The van der Waals surface area contributed by atoms with Gasteiger partial charge in [-0.15, -0.1) is 0 Å². The van der Waals surface area contributed by atoms with Crippen LogP contribution in [0, 0.1) is 6.92 Å². The fraction of sp³-hybridized carbons (Fsp3) is 0.286. The number of halogens is 1. The van der Waals surface area contributed by atoms with Crippen molar-refractivity contribution < 1.29 is 9.15 Å². The summed E-state index contributed by atoms with van der Waals surface area (Å²) in [7, 11) is 3.55. The molecule has 0 aliphatic carbocycles. The molecule has 1 N–H and O–H groups in total. The van der Waals surface area contributed by atoms with Gasteiger partial charge in [0.25, 0.3) is 0 Å². The fourth-order valence-corrected chi connectivity index (χ4v) is 2.28. The second-order valence-electron chi connectivity index (χ2n) is 4.04. The van der Waals surface area contributed by atoms with Crippen LogP contribution in [0.2, 0.25) is 5.02 Å². The Bertz CT molecular complexity index is 536. The maximum absolute atomic E-state index is 6.07. The van der Waals surface area contributed by atoms with Gasteiger partial charge in [-0.2, -0.15) is 0 Å². The van der Waals surface area contributed by atoms with Crippen LogP contribution in [-0.2, 0) is 0 Å². The van der Waals surface area contributed by atoms with Gasteiger partial charge in [-0.1, -0.05) is 11.6 Å². The molecule has 96 valence electrons. The lowest BCUT2D eigenvalue weighted by Crippen LogP contribution is -2.18. The second kappa shape index (κ2) is 5.46. The average molecular weight is 266 g/mol. The number of hydrogen-bond donors (Lipinski definition) is 1. The van der Waals surface area contributed by atoms with Crippen molar-refractivity contribution in [2.75, 3.05) is 14.2 Å². The molecule has 1 unspecified atom stereocenters. The summed E-state index contributed by atoms with van der Waals surface area (Å²) >= 11 is 6.07. The predicted molar refractivity (Wildman–Crippen MR) is 72.4 cm³/mol. The number of ether oxygens (including phenoxy) is 1. The zero-order valence-corrected chi connectivity index (χ0v) is 11.4. The van der Waals surface area contributed by atoms with E-state index in [1.807, 2.05) is 38.2 Å². The topological polar surface area (TPSA) is 34.4 Å². The highest BCUT2D eigenvalue weighted by atomic mass is 35.5. The van der Waals surface area contributed by atoms with E-state index in [1.165, 1.54) is 0 Å². The highest BCUT2D eigenvalue weighted by Gasteiger charge is 2.20. The number of benzene rings is 1. The summed E-state index contributed by atoms with van der Waals surface area (Å²) in [5, 5.41) is 3.95. The van der Waals surface area contributed by atoms with E-state index in [0.717, 1.165) is 22.6 Å². The van der Waals surface area contributed by atoms with Crippen molar-refractivity contribution in [1.29, 1.82) is 0 Å². The molecule has 0 saturated carbocycles. The molecule has 0 fully saturated rings. The van der Waals surface area contributed by atoms with Crippen LogP contribution >= 0.6 is 11.6 Å². The lowest BCUT2D eigenvalue weighted by molar-refractivity contribution is 0.405. The molecule has 1 heterocycles. The first-order valence-corrected chi connectivity index (χ1v) is 6.10. The van der Waals surface area contributed by atoms with Crippen molar-refractivity contribution in [3.63, 3.8) is 0 Å². The van der Waals surface area contributed by atoms with Crippen molar-refractivity contribution in [3.05, 3.63) is 52.4 Å². The Kier molecular flexibility index (Phi) is 3.94. The fourth-order valence-electron chi connectivity index (χ4n) is 2.10. The van der Waals surface area contributed by atoms with Crippen LogP contribution in [0.25, 0.3) is 0 Å². The normalized spacial score (nSPS) is 12.4. The van der Waals surface area contributed by atoms with Gasteiger partial charge in [-0.3, -0.25) is 0 Å². The van der Waals surface area contributed by atoms with Gasteiger partial charge in [0.2, 0.25) is 0 Å². The molecule has 18 heavy (non-hydrogen) atoms. The Morgan fingerprint density at radius 2 is 2.06 bits per heavy atom. The van der Waals surface area contributed by atoms with Crippen LogP contribution in [0.15, 0.2) is 34.9 Å². The van der Waals surface area contributed by atoms with Crippen LogP contribution in [0.3, 0.4) is 0 Å². The summed E-state index contributed by atoms with van der Waals surface area (Å²) in [4.78, 5) is 0. The second-order valence-corrected chi connectivity index (χ2v) is 4.48. The predicted octanol–water partition coefficient (Wildman–Crippen LogP) is 3.56. The lowest BCUT2D eigenvalue weighted by atomic mass is 9.98. The van der Waals surface area contributed by atoms with Crippen molar-refractivity contribution in [2.45, 2.75) is 13.0 Å². The molecule has 4 heteroatoms. The van der Waals surface area contributed by atoms with Gasteiger partial charge in [0.05, 0.1) is 19.4 Å². The summed E-state index contributed by atoms with van der Waals surface area (Å²) in [5.74, 6) is 1.69. The summed E-state index contributed by atoms with van der Waals surface area (Å²) < 4.78 is 10.8. The van der Waals surface area contributed by atoms with Gasteiger partial charge < -0.3 is 14.5 Å². The van der Waals surface area contributed by atoms with E-state index < -0.39 is 0 Å². The van der Waals surface area contributed by atoms with E-state index in [0.29, 0.717) is 5.02 Å². The van der Waals surface area contributed by atoms with Gasteiger partial charge in [-0.25, -0.2) is 0 Å². The minimum Gasteiger partial charge on any atom is -0.496 e. The van der Waals surface area contributed by atoms with Crippen molar-refractivity contribution >= 4 is 11.6 Å². The van der Waals surface area contributed by atoms with E-state index >= 15 is 0 Å². The molecule has 3 nitrogen and oxygen atoms in total. The van der Waals surface area contributed by atoms with Gasteiger partial charge in [0, 0.05) is 16.1 Å². The molecule has 1 aromatic carbocycles. The third-order valence-corrected chi connectivity index (χ3v) is 3.24. The van der Waals surface area contributed by atoms with Crippen LogP contribution < -0.4 is 10.1 Å². The molecule has 2 rings (SSSR count). The van der Waals surface area contributed by atoms with Crippen LogP contribution in [-0.4, -0.2) is 14.2 Å². The molecule has 2 aromatic rings. The molecule has 1 atom stereocenters. The Morgan fingerprint density at radius 1 is 1.28 bits per heavy atom. The maximum Gasteiger partial charge on any atom is 0.124 e. The molecular weight excluding hydrogens is 250 g/mol. The zero-order chi connectivity index (χ0) is 13.1. The number of rotatable bonds is 4. The Morgan fingerprint density at radius 3 is 2.61 bits per heavy atom. The van der Waals surface area contributed by atoms with E-state index in [9.17, 15) is 0 Å². The van der Waals surface area contributed by atoms with Crippen molar-refractivity contribution in [2.24, 2.45) is 0 Å². The highest BCUT2D eigenvalue weighted by Crippen LogP contribution is 2.33. The van der Waals surface area contributed by atoms with Gasteiger partial charge >= 0.3 is 0 Å². The summed E-state index contributed by atoms with van der Waals surface area (Å²) in [6, 6.07) is 7.55. The average Bonchev–Trinajstić information content (AvgIpc) is 2.77. The highest BCUT2D eigenvalue weighted by molar-refractivity contribution is 6.30. The number of hydrogen-bond acceptors (Lipinski definition) is 3. The molecule has 0 aliphatic rings. The minimum atomic E-state index is -0.00241. The molecule has 0 saturated heterocycles. The van der Waals surface area contributed by atoms with Crippen molar-refractivity contribution in [3.8, 4) is 5.75 Å². The molecule has 0 radical (unpaired) electrons. The molecule has 0 aliphatic heterocycles. The monoisotopic (exact) mass is 265 g/mol. The quantitative estimate of drug-likeness (QED) is 0.918. The van der Waals surface area contributed by atoms with Gasteiger partial charge in [-0.05, 0) is 38.2 Å². The number of nitrogens with one attached hydrogen (secondary N) is 1. The first-order chi connectivity index (χ1) is 8.67. The van der Waals surface area contributed by atoms with Crippen LogP contribution in [0.5, 0.6) is 5.75 Å². The van der Waals surface area contributed by atoms with Crippen molar-refractivity contribution in [1.82, 2.24) is 5.32 Å². The zero-order valence-electron chi connectivity index (χ0n) is 10.7. The Hall–Kier alpha value is -1.45. The molecular formula is C14H16ClNO2. The summed E-state index contributed by atoms with van der Waals surface area (Å²) in [6.45, 7) is 1.94. The number of furan rings is 1. The van der Waals surface area contributed by atoms with E-state index in [4.69, 9.17) is 20.8 Å². The lowest BCUT2D eigenvalue weighted by Gasteiger charge is -2.19. The van der Waals surface area contributed by atoms with Crippen LogP contribution in [0.4, 0.5) is 0 Å². The van der Waals surface area contributed by atoms with E-state index in [1.54, 1.807) is 13.4 Å². The first kappa shape index (κ1) is 13.0. The largest absolute Gasteiger partial charge is 0.496 e. The third-order valence-electron chi connectivity index (χ3n) is 3.00. The number of aryl methyl sites for hydroxylation is 1. The Balaban J connectivity index is 2.51. The summed E-state index contributed by atoms with van der Waals surface area (Å²) in [5.41, 5.74) is 2.08. The molecule has 1 aromatic heterocycles. The maximum atomic E-state index is 6.07. The third kappa shape index (κ3) is 2.37. The first-order valence-electron chi connectivity index (χ1n) is 5.72.